The smallest absolute Gasteiger partial charge is 0.163 e. The molecule has 0 aromatic rings. The molecule has 1 aliphatic heterocycles. The molecule has 0 amide bonds. The van der Waals surface area contributed by atoms with Gasteiger partial charge in [-0.1, -0.05) is 0 Å². The number of carbonyl (C=O) groups is 1. The molecule has 6 heavy (non-hydrogen) atoms. The van der Waals surface area contributed by atoms with E-state index in [-0.39, 0.29) is 5.78 Å². The molecule has 0 atom stereocenters. The van der Waals surface area contributed by atoms with Crippen LogP contribution in [0.2, 0.25) is 0 Å². The number of Topliss-reactive ketones (excluding diaryl/α,β-unsaturated/α-hetero) is 1. The summed E-state index contributed by atoms with van der Waals surface area (Å²) in [5.41, 5.74) is 0. The van der Waals surface area contributed by atoms with Crippen LogP contribution in [0.1, 0.15) is 0 Å². The molecule has 0 radical (unpaired) electrons. The van der Waals surface area contributed by atoms with Gasteiger partial charge in [-0.3, -0.25) is 10.6 Å². The third kappa shape index (κ3) is 0.418. The molecule has 1 fully saturated rings. The number of ketones is 1. The summed E-state index contributed by atoms with van der Waals surface area (Å²) in [6, 6.07) is 0. The molecule has 0 unspecified atom stereocenters. The van der Waals surface area contributed by atoms with Gasteiger partial charge in [0.25, 0.3) is 0 Å². The SMILES string of the molecule is NN1CC(=O)C1. The summed E-state index contributed by atoms with van der Waals surface area (Å²) in [5.74, 6) is 5.32. The van der Waals surface area contributed by atoms with Gasteiger partial charge in [-0.15, -0.1) is 0 Å². The fourth-order valence-electron chi connectivity index (χ4n) is 0.407. The largest absolute Gasteiger partial charge is 0.297 e. The van der Waals surface area contributed by atoms with Crippen molar-refractivity contribution in [1.82, 2.24) is 5.01 Å². The summed E-state index contributed by atoms with van der Waals surface area (Å²) >= 11 is 0. The molecule has 2 N–H and O–H groups in total. The molecule has 0 aromatic heterocycles. The molecule has 0 aromatic carbocycles. The van der Waals surface area contributed by atoms with Gasteiger partial charge in [0.05, 0.1) is 13.1 Å². The molecule has 1 aliphatic rings. The topological polar surface area (TPSA) is 46.3 Å². The molecular weight excluding hydrogens is 80.0 g/mol. The zero-order valence-electron chi connectivity index (χ0n) is 3.35. The molecule has 3 nitrogen and oxygen atoms in total. The van der Waals surface area contributed by atoms with Gasteiger partial charge in [-0.25, -0.2) is 5.01 Å². The normalized spacial score (nSPS) is 23.8. The van der Waals surface area contributed by atoms with Crippen molar-refractivity contribution < 1.29 is 4.79 Å². The first-order chi connectivity index (χ1) is 2.79. The lowest BCUT2D eigenvalue weighted by atomic mass is 10.2. The van der Waals surface area contributed by atoms with Crippen molar-refractivity contribution in [3.63, 3.8) is 0 Å². The highest BCUT2D eigenvalue weighted by Gasteiger charge is 2.18. The first-order valence-electron chi connectivity index (χ1n) is 1.80. The van der Waals surface area contributed by atoms with Crippen molar-refractivity contribution in [2.24, 2.45) is 5.84 Å². The number of hydrazine groups is 1. The minimum Gasteiger partial charge on any atom is -0.297 e. The molecule has 0 saturated carbocycles. The molecule has 0 spiro atoms. The van der Waals surface area contributed by atoms with Gasteiger partial charge in [0.2, 0.25) is 0 Å². The predicted octanol–water partition coefficient (Wildman–Crippen LogP) is -1.26. The third-order valence-electron chi connectivity index (χ3n) is 0.759. The number of nitrogens with zero attached hydrogens (tertiary/aromatic N) is 1. The Labute approximate surface area is 35.7 Å². The maximum absolute atomic E-state index is 9.99. The minimum absolute atomic E-state index is 0.234. The van der Waals surface area contributed by atoms with Crippen LogP contribution in [0.5, 0.6) is 0 Å². The van der Waals surface area contributed by atoms with Crippen molar-refractivity contribution in [3.05, 3.63) is 0 Å². The second kappa shape index (κ2) is 1.03. The Hall–Kier alpha value is -0.410. The molecule has 1 saturated heterocycles. The van der Waals surface area contributed by atoms with Gasteiger partial charge in [-0.05, 0) is 0 Å². The number of hydrogen-bond acceptors (Lipinski definition) is 3. The molecule has 0 bridgehead atoms. The Morgan fingerprint density at radius 1 is 1.67 bits per heavy atom. The molecule has 0 aliphatic carbocycles. The van der Waals surface area contributed by atoms with Crippen molar-refractivity contribution in [3.8, 4) is 0 Å². The lowest BCUT2D eigenvalue weighted by Crippen LogP contribution is -2.51. The van der Waals surface area contributed by atoms with E-state index in [4.69, 9.17) is 5.84 Å². The van der Waals surface area contributed by atoms with E-state index < -0.39 is 0 Å². The van der Waals surface area contributed by atoms with Gasteiger partial charge < -0.3 is 0 Å². The van der Waals surface area contributed by atoms with E-state index >= 15 is 0 Å². The fourth-order valence-corrected chi connectivity index (χ4v) is 0.407. The van der Waals surface area contributed by atoms with E-state index in [0.29, 0.717) is 13.1 Å². The van der Waals surface area contributed by atoms with Crippen LogP contribution >= 0.6 is 0 Å². The number of hydrogen-bond donors (Lipinski definition) is 1. The van der Waals surface area contributed by atoms with Gasteiger partial charge in [-0.2, -0.15) is 0 Å². The van der Waals surface area contributed by atoms with Crippen LogP contribution in [0, 0.1) is 0 Å². The maximum Gasteiger partial charge on any atom is 0.163 e. The first kappa shape index (κ1) is 3.77. The summed E-state index contributed by atoms with van der Waals surface area (Å²) in [4.78, 5) is 9.99. The molecular formula is C3H6N2O. The Morgan fingerprint density at radius 2 is 2.17 bits per heavy atom. The number of carbonyl (C=O) groups excluding carboxylic acids is 1. The molecule has 3 heteroatoms. The zero-order chi connectivity index (χ0) is 4.57. The van der Waals surface area contributed by atoms with Crippen LogP contribution in [-0.4, -0.2) is 23.9 Å². The second-order valence-electron chi connectivity index (χ2n) is 1.44. The molecule has 34 valence electrons. The van der Waals surface area contributed by atoms with Crippen LogP contribution in [-0.2, 0) is 4.79 Å². The number of rotatable bonds is 0. The fraction of sp³-hybridized carbons (Fsp3) is 0.667. The highest BCUT2D eigenvalue weighted by molar-refractivity contribution is 5.87. The zero-order valence-corrected chi connectivity index (χ0v) is 3.35. The minimum atomic E-state index is 0.234. The van der Waals surface area contributed by atoms with Gasteiger partial charge in [0.15, 0.2) is 5.78 Å². The highest BCUT2D eigenvalue weighted by atomic mass is 16.1. The van der Waals surface area contributed by atoms with Gasteiger partial charge in [0.1, 0.15) is 0 Å². The quantitative estimate of drug-likeness (QED) is 0.374. The monoisotopic (exact) mass is 86.0 g/mol. The van der Waals surface area contributed by atoms with Crippen molar-refractivity contribution in [2.45, 2.75) is 0 Å². The molecule has 1 heterocycles. The van der Waals surface area contributed by atoms with Crippen molar-refractivity contribution in [1.29, 1.82) is 0 Å². The highest BCUT2D eigenvalue weighted by Crippen LogP contribution is 1.90. The summed E-state index contributed by atoms with van der Waals surface area (Å²) in [7, 11) is 0. The van der Waals surface area contributed by atoms with Crippen LogP contribution < -0.4 is 5.84 Å². The van der Waals surface area contributed by atoms with E-state index in [2.05, 4.69) is 0 Å². The standard InChI is InChI=1S/C3H6N2O/c4-5-1-3(6)2-5/h1-2,4H2. The summed E-state index contributed by atoms with van der Waals surface area (Å²) in [6.45, 7) is 0.889. The Bertz CT molecular complexity index is 72.9. The number of nitrogens with two attached hydrogens (primary N) is 1. The van der Waals surface area contributed by atoms with Crippen LogP contribution in [0.4, 0.5) is 0 Å². The van der Waals surface area contributed by atoms with Crippen LogP contribution in [0.15, 0.2) is 0 Å². The van der Waals surface area contributed by atoms with E-state index in [1.165, 1.54) is 5.01 Å². The average molecular weight is 86.1 g/mol. The first-order valence-corrected chi connectivity index (χ1v) is 1.80. The average Bonchev–Trinajstić information content (AvgIpc) is 1.33. The van der Waals surface area contributed by atoms with Crippen LogP contribution in [0.25, 0.3) is 0 Å². The lowest BCUT2D eigenvalue weighted by molar-refractivity contribution is -0.129. The van der Waals surface area contributed by atoms with Gasteiger partial charge in [0, 0.05) is 0 Å². The third-order valence-corrected chi connectivity index (χ3v) is 0.759. The van der Waals surface area contributed by atoms with Gasteiger partial charge >= 0.3 is 0 Å². The van der Waals surface area contributed by atoms with E-state index in [1.807, 2.05) is 0 Å². The Morgan fingerprint density at radius 3 is 2.17 bits per heavy atom. The van der Waals surface area contributed by atoms with Crippen LogP contribution in [0.3, 0.4) is 0 Å². The second-order valence-corrected chi connectivity index (χ2v) is 1.44. The van der Waals surface area contributed by atoms with E-state index in [9.17, 15) is 4.79 Å². The Balaban J connectivity index is 2.28. The van der Waals surface area contributed by atoms with Crippen molar-refractivity contribution >= 4 is 5.78 Å². The summed E-state index contributed by atoms with van der Waals surface area (Å²) < 4.78 is 0. The molecule has 1 rings (SSSR count). The maximum atomic E-state index is 9.99. The summed E-state index contributed by atoms with van der Waals surface area (Å²) in [5, 5.41) is 1.47. The van der Waals surface area contributed by atoms with E-state index in [0.717, 1.165) is 0 Å². The predicted molar refractivity (Wildman–Crippen MR) is 20.8 cm³/mol. The Kier molecular flexibility index (Phi) is 0.645. The lowest BCUT2D eigenvalue weighted by Gasteiger charge is -2.22. The van der Waals surface area contributed by atoms with Crippen molar-refractivity contribution in [2.75, 3.05) is 13.1 Å². The van der Waals surface area contributed by atoms with E-state index in [1.54, 1.807) is 0 Å². The summed E-state index contributed by atoms with van der Waals surface area (Å²) in [6.07, 6.45) is 0.